The zero-order valence-electron chi connectivity index (χ0n) is 15.4. The smallest absolute Gasteiger partial charge is 0.289 e. The number of halogens is 2. The molecule has 3 aromatic rings. The summed E-state index contributed by atoms with van der Waals surface area (Å²) >= 11 is 3.12. The lowest BCUT2D eigenvalue weighted by Crippen LogP contribution is -2.52. The van der Waals surface area contributed by atoms with Crippen LogP contribution in [0.5, 0.6) is 0 Å². The van der Waals surface area contributed by atoms with E-state index in [-0.39, 0.29) is 11.7 Å². The fourth-order valence-corrected chi connectivity index (χ4v) is 3.96. The average molecular weight is 460 g/mol. The molecular formula is C20H19BrFN5O2. The van der Waals surface area contributed by atoms with Gasteiger partial charge in [0, 0.05) is 32.2 Å². The Balaban J connectivity index is 1.48. The van der Waals surface area contributed by atoms with E-state index >= 15 is 0 Å². The van der Waals surface area contributed by atoms with E-state index < -0.39 is 17.8 Å². The first-order valence-corrected chi connectivity index (χ1v) is 9.95. The molecule has 3 N–H and O–H groups in total. The predicted molar refractivity (Wildman–Crippen MR) is 110 cm³/mol. The lowest BCUT2D eigenvalue weighted by atomic mass is 10.0. The maximum atomic E-state index is 13.7. The van der Waals surface area contributed by atoms with Crippen LogP contribution in [0.1, 0.15) is 22.2 Å². The number of nitrogens with one attached hydrogen (secondary N) is 1. The molecule has 1 saturated heterocycles. The highest BCUT2D eigenvalue weighted by molar-refractivity contribution is 9.10. The fraction of sp³-hybridized carbons (Fsp3) is 0.250. The van der Waals surface area contributed by atoms with Gasteiger partial charge in [-0.25, -0.2) is 9.37 Å². The molecule has 150 valence electrons. The van der Waals surface area contributed by atoms with Gasteiger partial charge in [0.2, 0.25) is 5.91 Å². The van der Waals surface area contributed by atoms with Gasteiger partial charge in [-0.05, 0) is 27.6 Å². The van der Waals surface area contributed by atoms with Crippen LogP contribution in [0, 0.1) is 5.82 Å². The highest BCUT2D eigenvalue weighted by Gasteiger charge is 2.31. The molecule has 1 fully saturated rings. The molecule has 9 heteroatoms. The van der Waals surface area contributed by atoms with Crippen LogP contribution in [0.15, 0.2) is 46.9 Å². The molecule has 0 radical (unpaired) electrons. The summed E-state index contributed by atoms with van der Waals surface area (Å²) in [6, 6.07) is 11.7. The van der Waals surface area contributed by atoms with Gasteiger partial charge in [0.1, 0.15) is 11.9 Å². The van der Waals surface area contributed by atoms with Crippen molar-refractivity contribution in [1.29, 1.82) is 0 Å². The molecule has 1 aliphatic heterocycles. The lowest BCUT2D eigenvalue weighted by Gasteiger charge is -2.37. The van der Waals surface area contributed by atoms with Gasteiger partial charge >= 0.3 is 0 Å². The van der Waals surface area contributed by atoms with Crippen LogP contribution < -0.4 is 5.73 Å². The SMILES string of the molecule is NC(=O)C(c1ccccc1)N1CCN(C(=O)c2nc3cc(Br)c(F)cc3[nH]2)CC1. The highest BCUT2D eigenvalue weighted by atomic mass is 79.9. The van der Waals surface area contributed by atoms with Crippen molar-refractivity contribution in [3.63, 3.8) is 0 Å². The molecule has 0 spiro atoms. The summed E-state index contributed by atoms with van der Waals surface area (Å²) in [5.41, 5.74) is 7.46. The molecule has 0 bridgehead atoms. The third kappa shape index (κ3) is 3.88. The van der Waals surface area contributed by atoms with Gasteiger partial charge in [-0.2, -0.15) is 0 Å². The maximum absolute atomic E-state index is 13.7. The van der Waals surface area contributed by atoms with Crippen LogP contribution >= 0.6 is 15.9 Å². The molecule has 0 aliphatic carbocycles. The second-order valence-corrected chi connectivity index (χ2v) is 7.77. The number of rotatable bonds is 4. The monoisotopic (exact) mass is 459 g/mol. The van der Waals surface area contributed by atoms with Gasteiger partial charge in [-0.1, -0.05) is 30.3 Å². The standard InChI is InChI=1S/C20H19BrFN5O2/c21-13-10-15-16(11-14(13)22)25-19(24-15)20(29)27-8-6-26(7-9-27)17(18(23)28)12-4-2-1-3-5-12/h1-5,10-11,17H,6-9H2,(H2,23,28)(H,24,25). The Bertz CT molecular complexity index is 1020. The van der Waals surface area contributed by atoms with E-state index in [4.69, 9.17) is 5.73 Å². The van der Waals surface area contributed by atoms with Crippen molar-refractivity contribution in [1.82, 2.24) is 19.8 Å². The van der Waals surface area contributed by atoms with Gasteiger partial charge in [-0.15, -0.1) is 0 Å². The Morgan fingerprint density at radius 1 is 1.14 bits per heavy atom. The number of piperazine rings is 1. The van der Waals surface area contributed by atoms with Gasteiger partial charge in [0.05, 0.1) is 15.5 Å². The third-order valence-electron chi connectivity index (χ3n) is 5.08. The highest BCUT2D eigenvalue weighted by Crippen LogP contribution is 2.24. The van der Waals surface area contributed by atoms with E-state index in [1.54, 1.807) is 4.90 Å². The largest absolute Gasteiger partial charge is 0.368 e. The number of imidazole rings is 1. The number of hydrogen-bond acceptors (Lipinski definition) is 4. The Labute approximate surface area is 174 Å². The van der Waals surface area contributed by atoms with Crippen molar-refractivity contribution in [2.24, 2.45) is 5.73 Å². The number of aromatic nitrogens is 2. The quantitative estimate of drug-likeness (QED) is 0.626. The summed E-state index contributed by atoms with van der Waals surface area (Å²) in [7, 11) is 0. The summed E-state index contributed by atoms with van der Waals surface area (Å²) < 4.78 is 14.0. The summed E-state index contributed by atoms with van der Waals surface area (Å²) in [4.78, 5) is 35.7. The van der Waals surface area contributed by atoms with E-state index in [9.17, 15) is 14.0 Å². The van der Waals surface area contributed by atoms with E-state index in [0.717, 1.165) is 5.56 Å². The van der Waals surface area contributed by atoms with E-state index in [1.165, 1.54) is 12.1 Å². The van der Waals surface area contributed by atoms with Crippen molar-refractivity contribution in [2.45, 2.75) is 6.04 Å². The van der Waals surface area contributed by atoms with E-state index in [2.05, 4.69) is 25.9 Å². The summed E-state index contributed by atoms with van der Waals surface area (Å²) in [5, 5.41) is 0. The number of hydrogen-bond donors (Lipinski definition) is 2. The van der Waals surface area contributed by atoms with E-state index in [1.807, 2.05) is 35.2 Å². The third-order valence-corrected chi connectivity index (χ3v) is 5.69. The second kappa shape index (κ2) is 7.92. The topological polar surface area (TPSA) is 95.3 Å². The van der Waals surface area contributed by atoms with Crippen molar-refractivity contribution < 1.29 is 14.0 Å². The molecule has 2 aromatic carbocycles. The Hall–Kier alpha value is -2.78. The summed E-state index contributed by atoms with van der Waals surface area (Å²) in [6.45, 7) is 1.89. The first-order valence-electron chi connectivity index (χ1n) is 9.16. The number of amides is 2. The number of primary amides is 1. The number of H-pyrrole nitrogens is 1. The van der Waals surface area contributed by atoms with Gasteiger partial charge in [-0.3, -0.25) is 14.5 Å². The molecule has 0 saturated carbocycles. The maximum Gasteiger partial charge on any atom is 0.289 e. The number of carbonyl (C=O) groups is 2. The van der Waals surface area contributed by atoms with Crippen LogP contribution in [0.25, 0.3) is 11.0 Å². The summed E-state index contributed by atoms with van der Waals surface area (Å²) in [6.07, 6.45) is 0. The number of fused-ring (bicyclic) bond motifs is 1. The molecule has 1 aliphatic rings. The van der Waals surface area contributed by atoms with Gasteiger partial charge < -0.3 is 15.6 Å². The van der Waals surface area contributed by atoms with Crippen molar-refractivity contribution in [3.8, 4) is 0 Å². The Morgan fingerprint density at radius 3 is 2.48 bits per heavy atom. The van der Waals surface area contributed by atoms with Crippen molar-refractivity contribution in [3.05, 3.63) is 64.1 Å². The minimum Gasteiger partial charge on any atom is -0.368 e. The fourth-order valence-electron chi connectivity index (χ4n) is 3.63. The molecular weight excluding hydrogens is 441 g/mol. The minimum absolute atomic E-state index is 0.167. The molecule has 2 amide bonds. The van der Waals surface area contributed by atoms with Gasteiger partial charge in [0.25, 0.3) is 5.91 Å². The molecule has 1 unspecified atom stereocenters. The summed E-state index contributed by atoms with van der Waals surface area (Å²) in [5.74, 6) is -0.929. The lowest BCUT2D eigenvalue weighted by molar-refractivity contribution is -0.124. The first kappa shape index (κ1) is 19.5. The minimum atomic E-state index is -0.528. The van der Waals surface area contributed by atoms with Gasteiger partial charge in [0.15, 0.2) is 5.82 Å². The second-order valence-electron chi connectivity index (χ2n) is 6.91. The normalized spacial score (nSPS) is 16.1. The number of carbonyl (C=O) groups excluding carboxylic acids is 2. The molecule has 1 atom stereocenters. The predicted octanol–water partition coefficient (Wildman–Crippen LogP) is 2.45. The number of nitrogens with two attached hydrogens (primary N) is 1. The van der Waals surface area contributed by atoms with Crippen LogP contribution in [0.3, 0.4) is 0 Å². The van der Waals surface area contributed by atoms with E-state index in [0.29, 0.717) is 41.7 Å². The Morgan fingerprint density at radius 2 is 1.83 bits per heavy atom. The van der Waals surface area contributed by atoms with Crippen molar-refractivity contribution >= 4 is 38.8 Å². The molecule has 4 rings (SSSR count). The van der Waals surface area contributed by atoms with Crippen LogP contribution in [-0.2, 0) is 4.79 Å². The van der Waals surface area contributed by atoms with Crippen LogP contribution in [0.2, 0.25) is 0 Å². The molecule has 1 aromatic heterocycles. The zero-order valence-corrected chi connectivity index (χ0v) is 17.0. The molecule has 29 heavy (non-hydrogen) atoms. The number of nitrogens with zero attached hydrogens (tertiary/aromatic N) is 3. The zero-order chi connectivity index (χ0) is 20.5. The van der Waals surface area contributed by atoms with Crippen molar-refractivity contribution in [2.75, 3.05) is 26.2 Å². The molecule has 7 nitrogen and oxygen atoms in total. The molecule has 2 heterocycles. The van der Waals surface area contributed by atoms with Crippen LogP contribution in [0.4, 0.5) is 4.39 Å². The first-order chi connectivity index (χ1) is 13.9. The van der Waals surface area contributed by atoms with Crippen LogP contribution in [-0.4, -0.2) is 57.8 Å². The number of aromatic amines is 1. The average Bonchev–Trinajstić information content (AvgIpc) is 3.12. The Kier molecular flexibility index (Phi) is 5.33. The number of benzene rings is 2.